The van der Waals surface area contributed by atoms with Gasteiger partial charge in [-0.2, -0.15) is 0 Å². The van der Waals surface area contributed by atoms with Crippen molar-refractivity contribution in [3.8, 4) is 0 Å². The van der Waals surface area contributed by atoms with Gasteiger partial charge in [0, 0.05) is 25.5 Å². The molecule has 1 N–H and O–H groups in total. The maximum atomic E-state index is 10.5. The first kappa shape index (κ1) is 19.4. The summed E-state index contributed by atoms with van der Waals surface area (Å²) in [6, 6.07) is 0. The number of hydrogen-bond acceptors (Lipinski definition) is 5. The highest BCUT2D eigenvalue weighted by Crippen LogP contribution is 2.42. The van der Waals surface area contributed by atoms with Gasteiger partial charge in [0.1, 0.15) is 0 Å². The zero-order valence-corrected chi connectivity index (χ0v) is 14.0. The first-order chi connectivity index (χ1) is 9.49. The summed E-state index contributed by atoms with van der Waals surface area (Å²) in [7, 11) is -3.69. The maximum Gasteiger partial charge on any atom is 0.472 e. The predicted molar refractivity (Wildman–Crippen MR) is 81.1 cm³/mol. The normalized spacial score (nSPS) is 14.4. The van der Waals surface area contributed by atoms with Gasteiger partial charge in [0.05, 0.1) is 19.9 Å². The number of unbranched alkanes of at least 4 members (excludes halogenated alkanes) is 1. The van der Waals surface area contributed by atoms with Crippen LogP contribution in [0.25, 0.3) is 0 Å². The van der Waals surface area contributed by atoms with Gasteiger partial charge in [0.15, 0.2) is 0 Å². The third-order valence-electron chi connectivity index (χ3n) is 2.64. The maximum absolute atomic E-state index is 10.5. The van der Waals surface area contributed by atoms with Gasteiger partial charge in [0.2, 0.25) is 0 Å². The summed E-state index contributed by atoms with van der Waals surface area (Å²) >= 11 is 0. The number of rotatable bonds is 8. The quantitative estimate of drug-likeness (QED) is 0.696. The molecule has 0 bridgehead atoms. The molecule has 0 unspecified atom stereocenters. The molecule has 0 radical (unpaired) electrons. The molecule has 0 aromatic rings. The van der Waals surface area contributed by atoms with Crippen LogP contribution >= 0.6 is 7.82 Å². The third kappa shape index (κ3) is 9.37. The van der Waals surface area contributed by atoms with Crippen molar-refractivity contribution >= 4 is 7.82 Å². The van der Waals surface area contributed by atoms with Gasteiger partial charge >= 0.3 is 7.82 Å². The van der Waals surface area contributed by atoms with Crippen molar-refractivity contribution in [3.05, 3.63) is 12.4 Å². The zero-order valence-electron chi connectivity index (χ0n) is 13.1. The minimum atomic E-state index is -3.69. The Bertz CT molecular complexity index is 303. The van der Waals surface area contributed by atoms with E-state index in [9.17, 15) is 4.57 Å². The molecule has 7 heteroatoms. The zero-order chi connectivity index (χ0) is 15.4. The van der Waals surface area contributed by atoms with Gasteiger partial charge in [0.25, 0.3) is 0 Å². The van der Waals surface area contributed by atoms with E-state index in [2.05, 4.69) is 45.1 Å². The van der Waals surface area contributed by atoms with Crippen LogP contribution in [0.3, 0.4) is 0 Å². The Kier molecular flexibility index (Phi) is 10.8. The van der Waals surface area contributed by atoms with Crippen LogP contribution in [0.1, 0.15) is 40.5 Å². The first-order valence-electron chi connectivity index (χ1n) is 7.27. The highest BCUT2D eigenvalue weighted by molar-refractivity contribution is 7.47. The molecule has 0 amide bonds. The van der Waals surface area contributed by atoms with Gasteiger partial charge < -0.3 is 14.7 Å². The fourth-order valence-corrected chi connectivity index (χ4v) is 2.32. The SMILES string of the molecule is CCCCN1C=CN(CC)C1.CCOP(=O)(O)OCC. The second kappa shape index (κ2) is 11.1. The summed E-state index contributed by atoms with van der Waals surface area (Å²) in [5, 5.41) is 0. The van der Waals surface area contributed by atoms with Crippen molar-refractivity contribution in [2.24, 2.45) is 0 Å². The Morgan fingerprint density at radius 1 is 1.10 bits per heavy atom. The van der Waals surface area contributed by atoms with E-state index in [1.807, 2.05) is 0 Å². The van der Waals surface area contributed by atoms with Crippen molar-refractivity contribution in [2.75, 3.05) is 33.0 Å². The molecule has 0 saturated heterocycles. The molecular formula is C13H29N2O4P. The molecule has 120 valence electrons. The fourth-order valence-electron chi connectivity index (χ4n) is 1.59. The van der Waals surface area contributed by atoms with Crippen molar-refractivity contribution in [1.29, 1.82) is 0 Å². The van der Waals surface area contributed by atoms with Gasteiger partial charge in [-0.1, -0.05) is 13.3 Å². The number of phosphoric acid groups is 1. The van der Waals surface area contributed by atoms with Crippen molar-refractivity contribution in [3.63, 3.8) is 0 Å². The van der Waals surface area contributed by atoms with E-state index >= 15 is 0 Å². The van der Waals surface area contributed by atoms with Crippen LogP contribution in [0.4, 0.5) is 0 Å². The minimum absolute atomic E-state index is 0.188. The topological polar surface area (TPSA) is 62.2 Å². The Morgan fingerprint density at radius 3 is 2.05 bits per heavy atom. The molecule has 0 saturated carbocycles. The lowest BCUT2D eigenvalue weighted by atomic mass is 10.3. The lowest BCUT2D eigenvalue weighted by Gasteiger charge is -2.19. The summed E-state index contributed by atoms with van der Waals surface area (Å²) in [5.74, 6) is 0. The third-order valence-corrected chi connectivity index (χ3v) is 3.81. The van der Waals surface area contributed by atoms with E-state index in [0.29, 0.717) is 0 Å². The van der Waals surface area contributed by atoms with E-state index < -0.39 is 7.82 Å². The largest absolute Gasteiger partial charge is 0.472 e. The van der Waals surface area contributed by atoms with Crippen LogP contribution in [0.15, 0.2) is 12.4 Å². The average Bonchev–Trinajstić information content (AvgIpc) is 2.85. The molecule has 0 fully saturated rings. The number of nitrogens with zero attached hydrogens (tertiary/aromatic N) is 2. The van der Waals surface area contributed by atoms with Crippen LogP contribution in [0, 0.1) is 0 Å². The monoisotopic (exact) mass is 308 g/mol. The molecule has 0 aliphatic carbocycles. The van der Waals surface area contributed by atoms with E-state index in [1.54, 1.807) is 13.8 Å². The van der Waals surface area contributed by atoms with E-state index in [-0.39, 0.29) is 13.2 Å². The van der Waals surface area contributed by atoms with Crippen LogP contribution in [0.2, 0.25) is 0 Å². The lowest BCUT2D eigenvalue weighted by molar-refractivity contribution is 0.161. The van der Waals surface area contributed by atoms with Crippen LogP contribution in [-0.2, 0) is 13.6 Å². The average molecular weight is 308 g/mol. The van der Waals surface area contributed by atoms with Crippen molar-refractivity contribution in [2.45, 2.75) is 40.5 Å². The second-order valence-corrected chi connectivity index (χ2v) is 5.77. The molecule has 1 heterocycles. The van der Waals surface area contributed by atoms with E-state index in [4.69, 9.17) is 4.89 Å². The Morgan fingerprint density at radius 2 is 1.65 bits per heavy atom. The predicted octanol–water partition coefficient (Wildman–Crippen LogP) is 3.01. The van der Waals surface area contributed by atoms with Gasteiger partial charge in [-0.15, -0.1) is 0 Å². The van der Waals surface area contributed by atoms with E-state index in [0.717, 1.165) is 13.2 Å². The summed E-state index contributed by atoms with van der Waals surface area (Å²) < 4.78 is 19.2. The van der Waals surface area contributed by atoms with Crippen LogP contribution in [0.5, 0.6) is 0 Å². The Labute approximate surface area is 123 Å². The molecule has 0 spiro atoms. The fraction of sp³-hybridized carbons (Fsp3) is 0.846. The van der Waals surface area contributed by atoms with Gasteiger partial charge in [-0.25, -0.2) is 4.57 Å². The lowest BCUT2D eigenvalue weighted by Crippen LogP contribution is -2.25. The Balaban J connectivity index is 0.000000370. The smallest absolute Gasteiger partial charge is 0.359 e. The second-order valence-electron chi connectivity index (χ2n) is 4.31. The minimum Gasteiger partial charge on any atom is -0.359 e. The standard InChI is InChI=1S/C9H18N2.C4H11O4P/c1-3-5-6-11-8-7-10(4-2)9-11;1-3-7-9(5,6)8-4-2/h7-8H,3-6,9H2,1-2H3;3-4H2,1-2H3,(H,5,6). The molecular weight excluding hydrogens is 279 g/mol. The van der Waals surface area contributed by atoms with Gasteiger partial charge in [-0.05, 0) is 27.2 Å². The van der Waals surface area contributed by atoms with Crippen molar-refractivity contribution < 1.29 is 18.5 Å². The number of hydrogen-bond donors (Lipinski definition) is 1. The number of phosphoric ester groups is 1. The molecule has 20 heavy (non-hydrogen) atoms. The molecule has 6 nitrogen and oxygen atoms in total. The summed E-state index contributed by atoms with van der Waals surface area (Å²) in [6.07, 6.45) is 6.97. The summed E-state index contributed by atoms with van der Waals surface area (Å²) in [4.78, 5) is 13.3. The Hall–Kier alpha value is -0.550. The molecule has 1 aliphatic heterocycles. The molecule has 0 atom stereocenters. The highest BCUT2D eigenvalue weighted by atomic mass is 31.2. The molecule has 0 aromatic heterocycles. The van der Waals surface area contributed by atoms with Gasteiger partial charge in [-0.3, -0.25) is 9.05 Å². The van der Waals surface area contributed by atoms with Crippen LogP contribution in [-0.4, -0.2) is 47.7 Å². The van der Waals surface area contributed by atoms with Crippen LogP contribution < -0.4 is 0 Å². The molecule has 0 aromatic carbocycles. The molecule has 1 aliphatic rings. The van der Waals surface area contributed by atoms with Crippen molar-refractivity contribution in [1.82, 2.24) is 9.80 Å². The summed E-state index contributed by atoms with van der Waals surface area (Å²) in [6.45, 7) is 11.5. The highest BCUT2D eigenvalue weighted by Gasteiger charge is 2.17. The summed E-state index contributed by atoms with van der Waals surface area (Å²) in [5.41, 5.74) is 0. The first-order valence-corrected chi connectivity index (χ1v) is 8.76. The molecule has 1 rings (SSSR count). The van der Waals surface area contributed by atoms with E-state index in [1.165, 1.54) is 19.4 Å².